The number of hydrogen-bond donors (Lipinski definition) is 0. The number of rotatable bonds is 22. The number of esters is 1. The van der Waals surface area contributed by atoms with Crippen molar-refractivity contribution in [3.63, 3.8) is 0 Å². The van der Waals surface area contributed by atoms with Gasteiger partial charge in [0, 0.05) is 6.54 Å². The van der Waals surface area contributed by atoms with Crippen molar-refractivity contribution >= 4 is 5.97 Å². The highest BCUT2D eigenvalue weighted by molar-refractivity contribution is 5.91. The van der Waals surface area contributed by atoms with Crippen molar-refractivity contribution in [2.75, 3.05) is 32.8 Å². The third-order valence-electron chi connectivity index (χ3n) is 7.89. The summed E-state index contributed by atoms with van der Waals surface area (Å²) in [6.07, 6.45) is 14.1. The molecule has 5 heteroatoms. The van der Waals surface area contributed by atoms with Gasteiger partial charge in [-0.05, 0) is 85.6 Å². The second-order valence-corrected chi connectivity index (χ2v) is 11.2. The fourth-order valence-corrected chi connectivity index (χ4v) is 5.11. The molecule has 0 heterocycles. The molecule has 0 spiro atoms. The summed E-state index contributed by atoms with van der Waals surface area (Å²) in [5, 5.41) is 0. The van der Waals surface area contributed by atoms with Crippen LogP contribution in [0.5, 0.6) is 17.2 Å². The van der Waals surface area contributed by atoms with Crippen LogP contribution in [0.15, 0.2) is 72.8 Å². The minimum atomic E-state index is -0.378. The van der Waals surface area contributed by atoms with Crippen LogP contribution in [0.2, 0.25) is 0 Å². The number of benzene rings is 3. The van der Waals surface area contributed by atoms with Gasteiger partial charge in [-0.1, -0.05) is 103 Å². The van der Waals surface area contributed by atoms with E-state index in [4.69, 9.17) is 14.2 Å². The maximum absolute atomic E-state index is 12.7. The Hall–Kier alpha value is -3.31. The van der Waals surface area contributed by atoms with E-state index in [2.05, 4.69) is 37.8 Å². The van der Waals surface area contributed by atoms with Crippen LogP contribution in [-0.4, -0.2) is 43.7 Å². The van der Waals surface area contributed by atoms with Gasteiger partial charge < -0.3 is 19.1 Å². The molecule has 234 valence electrons. The molecule has 3 aromatic carbocycles. The van der Waals surface area contributed by atoms with Gasteiger partial charge in [0.1, 0.15) is 17.2 Å². The second kappa shape index (κ2) is 20.6. The molecule has 0 saturated carbocycles. The molecular weight excluding hydrogens is 534 g/mol. The fourth-order valence-electron chi connectivity index (χ4n) is 5.11. The molecule has 0 fully saturated rings. The second-order valence-electron chi connectivity index (χ2n) is 11.2. The van der Waals surface area contributed by atoms with Crippen molar-refractivity contribution in [1.82, 2.24) is 4.90 Å². The average Bonchev–Trinajstić information content (AvgIpc) is 3.04. The summed E-state index contributed by atoms with van der Waals surface area (Å²) in [4.78, 5) is 15.1. The van der Waals surface area contributed by atoms with Gasteiger partial charge in [-0.2, -0.15) is 0 Å². The zero-order chi connectivity index (χ0) is 30.5. The van der Waals surface area contributed by atoms with Crippen LogP contribution in [0, 0.1) is 0 Å². The van der Waals surface area contributed by atoms with Crippen molar-refractivity contribution < 1.29 is 19.0 Å². The predicted octanol–water partition coefficient (Wildman–Crippen LogP) is 9.98. The van der Waals surface area contributed by atoms with E-state index < -0.39 is 0 Å². The van der Waals surface area contributed by atoms with Crippen molar-refractivity contribution in [1.29, 1.82) is 0 Å². The lowest BCUT2D eigenvalue weighted by molar-refractivity contribution is 0.0734. The first kappa shape index (κ1) is 34.2. The molecule has 0 bridgehead atoms. The minimum absolute atomic E-state index is 0.378. The van der Waals surface area contributed by atoms with Gasteiger partial charge in [-0.3, -0.25) is 0 Å². The SMILES string of the molecule is CCCCCCCCCCCCOc1ccc(C(=O)Oc2ccc(-c3ccc(OCCCN(CC)CC)cc3)cc2)cc1. The number of carbonyl (C=O) groups excluding carboxylic acids is 1. The predicted molar refractivity (Wildman–Crippen MR) is 179 cm³/mol. The molecule has 43 heavy (non-hydrogen) atoms. The van der Waals surface area contributed by atoms with Gasteiger partial charge in [-0.15, -0.1) is 0 Å². The number of nitrogens with zero attached hydrogens (tertiary/aromatic N) is 1. The third-order valence-corrected chi connectivity index (χ3v) is 7.89. The largest absolute Gasteiger partial charge is 0.494 e. The molecule has 0 aliphatic heterocycles. The minimum Gasteiger partial charge on any atom is -0.494 e. The van der Waals surface area contributed by atoms with E-state index in [1.54, 1.807) is 12.1 Å². The zero-order valence-corrected chi connectivity index (χ0v) is 26.8. The van der Waals surface area contributed by atoms with Crippen LogP contribution in [0.25, 0.3) is 11.1 Å². The Kier molecular flexibility index (Phi) is 16.4. The Labute approximate surface area is 260 Å². The lowest BCUT2D eigenvalue weighted by Crippen LogP contribution is -2.25. The molecule has 0 aliphatic rings. The molecule has 0 radical (unpaired) electrons. The van der Waals surface area contributed by atoms with Crippen LogP contribution < -0.4 is 14.2 Å². The van der Waals surface area contributed by atoms with Gasteiger partial charge in [0.15, 0.2) is 0 Å². The van der Waals surface area contributed by atoms with E-state index in [0.717, 1.165) is 55.1 Å². The third kappa shape index (κ3) is 13.3. The molecule has 0 atom stereocenters. The molecule has 0 saturated heterocycles. The maximum atomic E-state index is 12.7. The lowest BCUT2D eigenvalue weighted by atomic mass is 10.1. The van der Waals surface area contributed by atoms with E-state index in [1.807, 2.05) is 48.5 Å². The summed E-state index contributed by atoms with van der Waals surface area (Å²) >= 11 is 0. The van der Waals surface area contributed by atoms with Crippen LogP contribution >= 0.6 is 0 Å². The summed E-state index contributed by atoms with van der Waals surface area (Å²) in [7, 11) is 0. The van der Waals surface area contributed by atoms with E-state index in [1.165, 1.54) is 57.8 Å². The van der Waals surface area contributed by atoms with Crippen molar-refractivity contribution in [2.24, 2.45) is 0 Å². The molecule has 0 N–H and O–H groups in total. The van der Waals surface area contributed by atoms with Gasteiger partial charge in [0.25, 0.3) is 0 Å². The van der Waals surface area contributed by atoms with Crippen LogP contribution in [0.4, 0.5) is 0 Å². The Bertz CT molecular complexity index is 1140. The summed E-state index contributed by atoms with van der Waals surface area (Å²) < 4.78 is 17.4. The van der Waals surface area contributed by atoms with Gasteiger partial charge in [0.2, 0.25) is 0 Å². The number of unbranched alkanes of at least 4 members (excludes halogenated alkanes) is 9. The van der Waals surface area contributed by atoms with Crippen molar-refractivity contribution in [3.8, 4) is 28.4 Å². The Morgan fingerprint density at radius 1 is 0.535 bits per heavy atom. The highest BCUT2D eigenvalue weighted by Crippen LogP contribution is 2.25. The normalized spacial score (nSPS) is 11.1. The summed E-state index contributed by atoms with van der Waals surface area (Å²) in [6, 6.07) is 22.9. The van der Waals surface area contributed by atoms with E-state index in [-0.39, 0.29) is 5.97 Å². The molecule has 3 aromatic rings. The number of carbonyl (C=O) groups is 1. The highest BCUT2D eigenvalue weighted by atomic mass is 16.5. The van der Waals surface area contributed by atoms with E-state index in [9.17, 15) is 4.79 Å². The topological polar surface area (TPSA) is 48.0 Å². The van der Waals surface area contributed by atoms with Crippen LogP contribution in [-0.2, 0) is 0 Å². The summed E-state index contributed by atoms with van der Waals surface area (Å²) in [5.74, 6) is 1.80. The average molecular weight is 588 g/mol. The van der Waals surface area contributed by atoms with E-state index in [0.29, 0.717) is 24.5 Å². The van der Waals surface area contributed by atoms with Gasteiger partial charge >= 0.3 is 5.97 Å². The first-order valence-electron chi connectivity index (χ1n) is 16.6. The standard InChI is InChI=1S/C38H53NO4/c1-4-7-8-9-10-11-12-13-14-15-30-41-36-25-21-34(22-26-36)38(40)43-37-27-19-33(20-28-37)32-17-23-35(24-18-32)42-31-16-29-39(5-2)6-3/h17-28H,4-16,29-31H2,1-3H3. The first-order valence-corrected chi connectivity index (χ1v) is 16.6. The smallest absolute Gasteiger partial charge is 0.343 e. The molecule has 5 nitrogen and oxygen atoms in total. The molecule has 0 unspecified atom stereocenters. The Balaban J connectivity index is 1.34. The van der Waals surface area contributed by atoms with Gasteiger partial charge in [-0.25, -0.2) is 4.79 Å². The summed E-state index contributed by atoms with van der Waals surface area (Å²) in [5.41, 5.74) is 2.64. The molecule has 0 aromatic heterocycles. The van der Waals surface area contributed by atoms with Crippen molar-refractivity contribution in [2.45, 2.75) is 91.4 Å². The Morgan fingerprint density at radius 2 is 0.977 bits per heavy atom. The Morgan fingerprint density at radius 3 is 1.49 bits per heavy atom. The molecule has 3 rings (SSSR count). The molecular formula is C38H53NO4. The van der Waals surface area contributed by atoms with Crippen LogP contribution in [0.3, 0.4) is 0 Å². The van der Waals surface area contributed by atoms with Crippen molar-refractivity contribution in [3.05, 3.63) is 78.4 Å². The quantitative estimate of drug-likeness (QED) is 0.0665. The number of hydrogen-bond acceptors (Lipinski definition) is 5. The van der Waals surface area contributed by atoms with Crippen LogP contribution in [0.1, 0.15) is 102 Å². The number of ether oxygens (including phenoxy) is 3. The summed E-state index contributed by atoms with van der Waals surface area (Å²) in [6.45, 7) is 11.3. The zero-order valence-electron chi connectivity index (χ0n) is 26.8. The maximum Gasteiger partial charge on any atom is 0.343 e. The lowest BCUT2D eigenvalue weighted by Gasteiger charge is -2.17. The first-order chi connectivity index (χ1) is 21.1. The molecule has 0 amide bonds. The van der Waals surface area contributed by atoms with Gasteiger partial charge in [0.05, 0.1) is 18.8 Å². The van der Waals surface area contributed by atoms with E-state index >= 15 is 0 Å². The fraction of sp³-hybridized carbons (Fsp3) is 0.500. The molecule has 0 aliphatic carbocycles. The monoisotopic (exact) mass is 587 g/mol. The highest BCUT2D eigenvalue weighted by Gasteiger charge is 2.10.